The van der Waals surface area contributed by atoms with Gasteiger partial charge in [0, 0.05) is 18.3 Å². The Bertz CT molecular complexity index is 1550. The van der Waals surface area contributed by atoms with E-state index in [4.69, 9.17) is 20.4 Å². The van der Waals surface area contributed by atoms with Gasteiger partial charge in [-0.3, -0.25) is 14.0 Å². The molecule has 3 aromatic heterocycles. The van der Waals surface area contributed by atoms with Gasteiger partial charge < -0.3 is 20.5 Å². The van der Waals surface area contributed by atoms with Crippen LogP contribution in [0.5, 0.6) is 5.75 Å². The number of phenolic OH excluding ortho intramolecular Hbond substituents is 1. The topological polar surface area (TPSA) is 124 Å². The van der Waals surface area contributed by atoms with E-state index in [1.165, 1.54) is 0 Å². The number of amides is 1. The minimum atomic E-state index is -0.202. The van der Waals surface area contributed by atoms with E-state index in [2.05, 4.69) is 5.10 Å². The highest BCUT2D eigenvalue weighted by molar-refractivity contribution is 6.10. The largest absolute Gasteiger partial charge is 0.508 e. The molecule has 4 aromatic rings. The smallest absolute Gasteiger partial charge is 0.260 e. The quantitative estimate of drug-likeness (QED) is 0.457. The van der Waals surface area contributed by atoms with Crippen molar-refractivity contribution in [3.63, 3.8) is 0 Å². The number of rotatable bonds is 3. The zero-order valence-corrected chi connectivity index (χ0v) is 20.2. The van der Waals surface area contributed by atoms with Gasteiger partial charge in [-0.25, -0.2) is 9.97 Å². The van der Waals surface area contributed by atoms with E-state index in [9.17, 15) is 9.90 Å². The number of benzene rings is 1. The summed E-state index contributed by atoms with van der Waals surface area (Å²) in [6.45, 7) is 6.46. The molecule has 0 spiro atoms. The first-order valence-corrected chi connectivity index (χ1v) is 12.0. The van der Waals surface area contributed by atoms with Crippen LogP contribution in [0, 0.1) is 13.8 Å². The summed E-state index contributed by atoms with van der Waals surface area (Å²) in [6.07, 6.45) is 6.18. The number of nitrogen functional groups attached to an aromatic ring is 1. The van der Waals surface area contributed by atoms with E-state index in [1.807, 2.05) is 36.7 Å². The zero-order chi connectivity index (χ0) is 25.0. The van der Waals surface area contributed by atoms with E-state index in [1.54, 1.807) is 27.9 Å². The molecule has 0 bridgehead atoms. The van der Waals surface area contributed by atoms with E-state index in [0.717, 1.165) is 23.3 Å². The van der Waals surface area contributed by atoms with Gasteiger partial charge in [0.1, 0.15) is 22.6 Å². The van der Waals surface area contributed by atoms with Gasteiger partial charge in [-0.15, -0.1) is 0 Å². The monoisotopic (exact) mass is 485 g/mol. The van der Waals surface area contributed by atoms with E-state index in [0.29, 0.717) is 66.5 Å². The van der Waals surface area contributed by atoms with Gasteiger partial charge in [0.25, 0.3) is 5.91 Å². The molecule has 2 aliphatic rings. The lowest BCUT2D eigenvalue weighted by Gasteiger charge is -2.27. The number of aromatic nitrogens is 5. The Morgan fingerprint density at radius 3 is 2.86 bits per heavy atom. The summed E-state index contributed by atoms with van der Waals surface area (Å²) < 4.78 is 9.10. The number of nitrogens with zero attached hydrogens (tertiary/aromatic N) is 6. The number of carbonyl (C=O) groups is 1. The molecule has 184 valence electrons. The fraction of sp³-hybridized carbons (Fsp3) is 0.308. The Hall–Kier alpha value is -4.18. The van der Waals surface area contributed by atoms with Crippen molar-refractivity contribution in [3.05, 3.63) is 64.7 Å². The lowest BCUT2D eigenvalue weighted by Crippen LogP contribution is -2.38. The maximum absolute atomic E-state index is 14.0. The molecule has 1 aromatic carbocycles. The van der Waals surface area contributed by atoms with Crippen molar-refractivity contribution in [2.75, 3.05) is 25.5 Å². The molecule has 36 heavy (non-hydrogen) atoms. The molecule has 2 aliphatic heterocycles. The number of phenols is 1. The number of fused-ring (bicyclic) bond motifs is 2. The second kappa shape index (κ2) is 8.49. The molecular formula is C26H27N7O3. The molecule has 0 saturated heterocycles. The predicted molar refractivity (Wildman–Crippen MR) is 135 cm³/mol. The maximum Gasteiger partial charge on any atom is 0.260 e. The minimum absolute atomic E-state index is 0.144. The Morgan fingerprint density at radius 2 is 2.06 bits per heavy atom. The average Bonchev–Trinajstić information content (AvgIpc) is 3.48. The number of ether oxygens (including phenoxy) is 1. The molecule has 0 unspecified atom stereocenters. The van der Waals surface area contributed by atoms with Gasteiger partial charge >= 0.3 is 0 Å². The SMILES string of the molecule is Cc1ccc(O)c(C)c1-n1c(N)c(C(=O)N2CCn3nccc3C2)c2nc(C3=CCOCC3)cnc21. The lowest BCUT2D eigenvalue weighted by molar-refractivity contribution is 0.0709. The van der Waals surface area contributed by atoms with E-state index < -0.39 is 0 Å². The molecule has 10 nitrogen and oxygen atoms in total. The lowest BCUT2D eigenvalue weighted by atomic mass is 10.1. The Morgan fingerprint density at radius 1 is 1.19 bits per heavy atom. The van der Waals surface area contributed by atoms with Gasteiger partial charge in [-0.05, 0) is 43.5 Å². The van der Waals surface area contributed by atoms with Crippen molar-refractivity contribution in [2.45, 2.75) is 33.4 Å². The molecule has 0 saturated carbocycles. The molecule has 6 rings (SSSR count). The second-order valence-corrected chi connectivity index (χ2v) is 9.22. The van der Waals surface area contributed by atoms with Gasteiger partial charge in [-0.2, -0.15) is 5.10 Å². The van der Waals surface area contributed by atoms with Crippen molar-refractivity contribution in [3.8, 4) is 11.4 Å². The summed E-state index contributed by atoms with van der Waals surface area (Å²) >= 11 is 0. The van der Waals surface area contributed by atoms with Gasteiger partial charge in [0.2, 0.25) is 0 Å². The van der Waals surface area contributed by atoms with Crippen LogP contribution in [0.2, 0.25) is 0 Å². The van der Waals surface area contributed by atoms with Gasteiger partial charge in [0.15, 0.2) is 5.65 Å². The Balaban J connectivity index is 1.56. The highest BCUT2D eigenvalue weighted by atomic mass is 16.5. The predicted octanol–water partition coefficient (Wildman–Crippen LogP) is 2.98. The van der Waals surface area contributed by atoms with Gasteiger partial charge in [0.05, 0.1) is 49.6 Å². The third-order valence-electron chi connectivity index (χ3n) is 7.06. The third-order valence-corrected chi connectivity index (χ3v) is 7.06. The summed E-state index contributed by atoms with van der Waals surface area (Å²) in [4.78, 5) is 25.4. The number of aryl methyl sites for hydroxylation is 1. The molecule has 5 heterocycles. The molecule has 3 N–H and O–H groups in total. The van der Waals surface area contributed by atoms with Crippen molar-refractivity contribution in [1.82, 2.24) is 29.2 Å². The van der Waals surface area contributed by atoms with Crippen LogP contribution >= 0.6 is 0 Å². The molecule has 0 fully saturated rings. The zero-order valence-electron chi connectivity index (χ0n) is 20.2. The summed E-state index contributed by atoms with van der Waals surface area (Å²) in [5.41, 5.74) is 12.9. The number of aromatic hydroxyl groups is 1. The average molecular weight is 486 g/mol. The van der Waals surface area contributed by atoms with Crippen LogP contribution < -0.4 is 5.73 Å². The molecule has 0 atom stereocenters. The maximum atomic E-state index is 14.0. The second-order valence-electron chi connectivity index (χ2n) is 9.22. The first-order valence-electron chi connectivity index (χ1n) is 12.0. The first-order chi connectivity index (χ1) is 17.4. The van der Waals surface area contributed by atoms with Crippen molar-refractivity contribution >= 4 is 28.5 Å². The molecule has 0 radical (unpaired) electrons. The van der Waals surface area contributed by atoms with Crippen LogP contribution in [0.15, 0.2) is 36.7 Å². The molecule has 0 aliphatic carbocycles. The summed E-state index contributed by atoms with van der Waals surface area (Å²) in [7, 11) is 0. The summed E-state index contributed by atoms with van der Waals surface area (Å²) in [6, 6.07) is 5.40. The van der Waals surface area contributed by atoms with Gasteiger partial charge in [-0.1, -0.05) is 12.1 Å². The standard InChI is InChI=1S/C26H27N7O3/c1-15-3-4-20(34)16(2)23(15)33-24(27)21(26(35)31-9-10-32-18(14-31)5-8-29-32)22-25(33)28-13-19(30-22)17-6-11-36-12-7-17/h3-6,8,13,34H,7,9-12,14,27H2,1-2H3. The van der Waals surface area contributed by atoms with E-state index >= 15 is 0 Å². The number of carbonyl (C=O) groups excluding carboxylic acids is 1. The number of nitrogens with two attached hydrogens (primary N) is 1. The van der Waals surface area contributed by atoms with Crippen LogP contribution in [-0.4, -0.2) is 60.0 Å². The van der Waals surface area contributed by atoms with Crippen LogP contribution in [0.4, 0.5) is 5.82 Å². The third kappa shape index (κ3) is 3.44. The molecule has 10 heteroatoms. The minimum Gasteiger partial charge on any atom is -0.508 e. The van der Waals surface area contributed by atoms with Crippen LogP contribution in [0.1, 0.15) is 39.3 Å². The number of hydrogen-bond donors (Lipinski definition) is 2. The highest BCUT2D eigenvalue weighted by Crippen LogP contribution is 2.36. The summed E-state index contributed by atoms with van der Waals surface area (Å²) in [5, 5.41) is 14.8. The van der Waals surface area contributed by atoms with E-state index in [-0.39, 0.29) is 17.5 Å². The first kappa shape index (κ1) is 22.3. The number of hydrogen-bond acceptors (Lipinski definition) is 7. The Kier molecular flexibility index (Phi) is 5.26. The highest BCUT2D eigenvalue weighted by Gasteiger charge is 2.31. The van der Waals surface area contributed by atoms with Crippen LogP contribution in [0.25, 0.3) is 22.4 Å². The molecule has 1 amide bonds. The fourth-order valence-electron chi connectivity index (χ4n) is 5.10. The normalized spacial score (nSPS) is 15.7. The van der Waals surface area contributed by atoms with Crippen LogP contribution in [-0.2, 0) is 17.8 Å². The van der Waals surface area contributed by atoms with Crippen molar-refractivity contribution in [1.29, 1.82) is 0 Å². The van der Waals surface area contributed by atoms with Crippen molar-refractivity contribution in [2.24, 2.45) is 0 Å². The van der Waals surface area contributed by atoms with Crippen LogP contribution in [0.3, 0.4) is 0 Å². The Labute approximate surface area is 207 Å². The number of anilines is 1. The molecular weight excluding hydrogens is 458 g/mol. The van der Waals surface area contributed by atoms with Crippen molar-refractivity contribution < 1.29 is 14.6 Å². The summed E-state index contributed by atoms with van der Waals surface area (Å²) in [5.74, 6) is 0.196. The fourth-order valence-corrected chi connectivity index (χ4v) is 5.10.